The van der Waals surface area contributed by atoms with E-state index in [0.717, 1.165) is 22.7 Å². The number of nitrogens with zero attached hydrogens (tertiary/aromatic N) is 3. The van der Waals surface area contributed by atoms with E-state index < -0.39 is 40.3 Å². The van der Waals surface area contributed by atoms with E-state index in [1.807, 2.05) is 0 Å². The molecule has 0 saturated carbocycles. The average Bonchev–Trinajstić information content (AvgIpc) is 3.50. The van der Waals surface area contributed by atoms with Gasteiger partial charge >= 0.3 is 0 Å². The molecule has 2 aromatic carbocycles. The number of carbonyl (C=O) groups is 3. The first-order valence-corrected chi connectivity index (χ1v) is 15.6. The molecule has 0 bridgehead atoms. The summed E-state index contributed by atoms with van der Waals surface area (Å²) in [6.07, 6.45) is 4.74. The molecular weight excluding hydrogens is 578 g/mol. The number of halogens is 1. The number of fused-ring (bicyclic) bond motifs is 1. The van der Waals surface area contributed by atoms with Gasteiger partial charge in [-0.15, -0.1) is 0 Å². The molecule has 1 fully saturated rings. The quantitative estimate of drug-likeness (QED) is 0.402. The van der Waals surface area contributed by atoms with Crippen molar-refractivity contribution in [3.8, 4) is 0 Å². The molecule has 1 saturated heterocycles. The van der Waals surface area contributed by atoms with E-state index in [1.165, 1.54) is 6.07 Å². The Hall–Kier alpha value is -3.96. The zero-order valence-electron chi connectivity index (χ0n) is 23.3. The van der Waals surface area contributed by atoms with Crippen molar-refractivity contribution >= 4 is 50.7 Å². The number of pyridine rings is 1. The summed E-state index contributed by atoms with van der Waals surface area (Å²) < 4.78 is 29.5. The number of benzene rings is 2. The van der Waals surface area contributed by atoms with E-state index in [4.69, 9.17) is 11.6 Å². The fourth-order valence-electron chi connectivity index (χ4n) is 5.41. The summed E-state index contributed by atoms with van der Waals surface area (Å²) in [4.78, 5) is 46.1. The standard InChI is InChI=1S/C30H32ClN5O5S/c1-19-16-27(20(2)15-22(19)31)42(40,41)36-25-8-4-3-7-23(25)34-29(38)26(36)18-28(37)33-24(17-21-9-11-32-12-10-21)30(39)35-13-5-6-14-35/h3-4,7-12,15-16,24,26H,5-6,13-14,17-18H2,1-2H3,(H,33,37)(H,34,38)/t24-,26-/m1/s1. The molecule has 3 heterocycles. The third kappa shape index (κ3) is 5.98. The minimum Gasteiger partial charge on any atom is -0.344 e. The van der Waals surface area contributed by atoms with Gasteiger partial charge < -0.3 is 15.5 Å². The largest absolute Gasteiger partial charge is 0.344 e. The number of nitrogens with one attached hydrogen (secondary N) is 2. The summed E-state index contributed by atoms with van der Waals surface area (Å²) in [5, 5.41) is 5.96. The molecule has 2 atom stereocenters. The van der Waals surface area contributed by atoms with Crippen molar-refractivity contribution in [1.29, 1.82) is 0 Å². The summed E-state index contributed by atoms with van der Waals surface area (Å²) in [6.45, 7) is 4.54. The van der Waals surface area contributed by atoms with Gasteiger partial charge in [0.1, 0.15) is 12.1 Å². The number of hydrogen-bond donors (Lipinski definition) is 2. The third-order valence-corrected chi connectivity index (χ3v) is 9.97. The van der Waals surface area contributed by atoms with Crippen molar-refractivity contribution in [1.82, 2.24) is 15.2 Å². The smallest absolute Gasteiger partial charge is 0.265 e. The minimum atomic E-state index is -4.33. The summed E-state index contributed by atoms with van der Waals surface area (Å²) in [5.74, 6) is -1.48. The molecule has 0 unspecified atom stereocenters. The minimum absolute atomic E-state index is 0.0147. The van der Waals surface area contributed by atoms with Gasteiger partial charge in [0.15, 0.2) is 0 Å². The van der Waals surface area contributed by atoms with E-state index in [-0.39, 0.29) is 22.9 Å². The van der Waals surface area contributed by atoms with Crippen LogP contribution in [0, 0.1) is 13.8 Å². The number of para-hydroxylation sites is 2. The predicted molar refractivity (Wildman–Crippen MR) is 160 cm³/mol. The van der Waals surface area contributed by atoms with Crippen LogP contribution in [0.5, 0.6) is 0 Å². The van der Waals surface area contributed by atoms with Gasteiger partial charge in [0.2, 0.25) is 17.7 Å². The lowest BCUT2D eigenvalue weighted by Crippen LogP contribution is -2.55. The molecule has 2 aliphatic rings. The molecule has 10 nitrogen and oxygen atoms in total. The number of likely N-dealkylation sites (tertiary alicyclic amines) is 1. The van der Waals surface area contributed by atoms with E-state index in [1.54, 1.807) is 73.6 Å². The number of carbonyl (C=O) groups excluding carboxylic acids is 3. The zero-order valence-corrected chi connectivity index (χ0v) is 24.9. The molecule has 5 rings (SSSR count). The van der Waals surface area contributed by atoms with Crippen LogP contribution in [0.1, 0.15) is 36.0 Å². The number of aryl methyl sites for hydroxylation is 2. The molecule has 42 heavy (non-hydrogen) atoms. The first kappa shape index (κ1) is 29.5. The number of aromatic nitrogens is 1. The van der Waals surface area contributed by atoms with E-state index in [9.17, 15) is 22.8 Å². The summed E-state index contributed by atoms with van der Waals surface area (Å²) in [7, 11) is -4.33. The number of sulfonamides is 1. The van der Waals surface area contributed by atoms with Crippen LogP contribution in [0.3, 0.4) is 0 Å². The number of rotatable bonds is 8. The van der Waals surface area contributed by atoms with Crippen molar-refractivity contribution in [3.05, 3.63) is 82.6 Å². The van der Waals surface area contributed by atoms with Crippen LogP contribution in [0.2, 0.25) is 5.02 Å². The van der Waals surface area contributed by atoms with E-state index in [0.29, 0.717) is 34.9 Å². The highest BCUT2D eigenvalue weighted by molar-refractivity contribution is 7.93. The van der Waals surface area contributed by atoms with Crippen molar-refractivity contribution in [2.45, 2.75) is 56.5 Å². The Kier molecular flexibility index (Phi) is 8.51. The van der Waals surface area contributed by atoms with Gasteiger partial charge in [0, 0.05) is 36.9 Å². The van der Waals surface area contributed by atoms with Crippen molar-refractivity contribution in [2.24, 2.45) is 0 Å². The lowest BCUT2D eigenvalue weighted by Gasteiger charge is -2.37. The Morgan fingerprint density at radius 3 is 2.48 bits per heavy atom. The number of hydrogen-bond acceptors (Lipinski definition) is 6. The van der Waals surface area contributed by atoms with Crippen LogP contribution in [-0.4, -0.2) is 61.2 Å². The highest BCUT2D eigenvalue weighted by atomic mass is 35.5. The first-order chi connectivity index (χ1) is 20.1. The highest BCUT2D eigenvalue weighted by Gasteiger charge is 2.43. The lowest BCUT2D eigenvalue weighted by atomic mass is 10.0. The van der Waals surface area contributed by atoms with Gasteiger partial charge in [-0.2, -0.15) is 0 Å². The second kappa shape index (κ2) is 12.1. The predicted octanol–water partition coefficient (Wildman–Crippen LogP) is 3.61. The normalized spacial score (nSPS) is 17.4. The van der Waals surface area contributed by atoms with Gasteiger partial charge in [-0.1, -0.05) is 23.7 Å². The van der Waals surface area contributed by atoms with Crippen molar-refractivity contribution in [3.63, 3.8) is 0 Å². The molecule has 220 valence electrons. The molecule has 12 heteroatoms. The molecule has 2 aliphatic heterocycles. The summed E-state index contributed by atoms with van der Waals surface area (Å²) in [6, 6.07) is 10.8. The second-order valence-electron chi connectivity index (χ2n) is 10.6. The molecular formula is C30H32ClN5O5S. The topological polar surface area (TPSA) is 129 Å². The first-order valence-electron chi connectivity index (χ1n) is 13.7. The maximum absolute atomic E-state index is 14.2. The molecule has 0 spiro atoms. The van der Waals surface area contributed by atoms with Gasteiger partial charge in [-0.25, -0.2) is 8.42 Å². The molecule has 3 amide bonds. The maximum Gasteiger partial charge on any atom is 0.265 e. The lowest BCUT2D eigenvalue weighted by molar-refractivity contribution is -0.135. The van der Waals surface area contributed by atoms with Gasteiger partial charge in [0.25, 0.3) is 10.0 Å². The Balaban J connectivity index is 1.47. The Bertz CT molecular complexity index is 1630. The van der Waals surface area contributed by atoms with Crippen LogP contribution in [-0.2, 0) is 30.8 Å². The summed E-state index contributed by atoms with van der Waals surface area (Å²) >= 11 is 6.24. The maximum atomic E-state index is 14.2. The second-order valence-corrected chi connectivity index (χ2v) is 12.8. The van der Waals surface area contributed by atoms with Crippen molar-refractivity contribution in [2.75, 3.05) is 22.7 Å². The summed E-state index contributed by atoms with van der Waals surface area (Å²) in [5.41, 5.74) is 2.33. The monoisotopic (exact) mass is 609 g/mol. The van der Waals surface area contributed by atoms with Gasteiger partial charge in [-0.3, -0.25) is 23.7 Å². The fraction of sp³-hybridized carbons (Fsp3) is 0.333. The van der Waals surface area contributed by atoms with E-state index in [2.05, 4.69) is 15.6 Å². The molecule has 2 N–H and O–H groups in total. The SMILES string of the molecule is Cc1cc(S(=O)(=O)N2c3ccccc3NC(=O)[C@H]2CC(=O)N[C@H](Cc2ccncc2)C(=O)N2CCCC2)c(C)cc1Cl. The van der Waals surface area contributed by atoms with Crippen LogP contribution >= 0.6 is 11.6 Å². The van der Waals surface area contributed by atoms with Crippen LogP contribution in [0.15, 0.2) is 65.8 Å². The highest BCUT2D eigenvalue weighted by Crippen LogP contribution is 2.38. The molecule has 1 aromatic heterocycles. The molecule has 0 aliphatic carbocycles. The Labute approximate surface area is 250 Å². The average molecular weight is 610 g/mol. The van der Waals surface area contributed by atoms with Gasteiger partial charge in [0.05, 0.1) is 22.7 Å². The molecule has 3 aromatic rings. The zero-order chi connectivity index (χ0) is 30.0. The number of anilines is 2. The fourth-order valence-corrected chi connectivity index (χ4v) is 7.56. The third-order valence-electron chi connectivity index (χ3n) is 7.60. The number of amides is 3. The van der Waals surface area contributed by atoms with Gasteiger partial charge in [-0.05, 0) is 79.8 Å². The molecule has 0 radical (unpaired) electrons. The Morgan fingerprint density at radius 2 is 1.76 bits per heavy atom. The van der Waals surface area contributed by atoms with E-state index >= 15 is 0 Å². The van der Waals surface area contributed by atoms with Crippen LogP contribution in [0.4, 0.5) is 11.4 Å². The van der Waals surface area contributed by atoms with Crippen molar-refractivity contribution < 1.29 is 22.8 Å². The van der Waals surface area contributed by atoms with Crippen LogP contribution < -0.4 is 14.9 Å². The Morgan fingerprint density at radius 1 is 1.07 bits per heavy atom. The van der Waals surface area contributed by atoms with Crippen LogP contribution in [0.25, 0.3) is 0 Å².